The van der Waals surface area contributed by atoms with Gasteiger partial charge in [0.15, 0.2) is 11.2 Å². The van der Waals surface area contributed by atoms with Gasteiger partial charge in [-0.05, 0) is 31.4 Å². The van der Waals surface area contributed by atoms with Gasteiger partial charge < -0.3 is 19.3 Å². The highest BCUT2D eigenvalue weighted by atomic mass is 16.3. The van der Waals surface area contributed by atoms with Crippen molar-refractivity contribution in [2.45, 2.75) is 19.3 Å². The van der Waals surface area contributed by atoms with E-state index in [0.717, 1.165) is 12.8 Å². The molecule has 1 N–H and O–H groups in total. The van der Waals surface area contributed by atoms with Crippen molar-refractivity contribution in [1.82, 2.24) is 9.80 Å². The molecule has 0 bridgehead atoms. The van der Waals surface area contributed by atoms with E-state index in [9.17, 15) is 14.4 Å². The van der Waals surface area contributed by atoms with Crippen molar-refractivity contribution in [2.75, 3.05) is 32.8 Å². The second-order valence-corrected chi connectivity index (χ2v) is 7.35. The SMILES string of the molecule is O=C(c1cc(=O)c2ccccc2o1)N1CC[C@]2(CCCN(CCO)C2=O)C1. The molecule has 0 radical (unpaired) electrons. The van der Waals surface area contributed by atoms with Crippen LogP contribution in [0, 0.1) is 5.41 Å². The van der Waals surface area contributed by atoms with E-state index in [0.29, 0.717) is 43.6 Å². The summed E-state index contributed by atoms with van der Waals surface area (Å²) in [4.78, 5) is 41.3. The molecule has 2 saturated heterocycles. The summed E-state index contributed by atoms with van der Waals surface area (Å²) in [5.74, 6) is -0.342. The summed E-state index contributed by atoms with van der Waals surface area (Å²) in [7, 11) is 0. The number of para-hydroxylation sites is 1. The van der Waals surface area contributed by atoms with Gasteiger partial charge in [0.2, 0.25) is 5.91 Å². The fourth-order valence-corrected chi connectivity index (χ4v) is 4.28. The predicted molar refractivity (Wildman–Crippen MR) is 98.3 cm³/mol. The Morgan fingerprint density at radius 2 is 2.00 bits per heavy atom. The van der Waals surface area contributed by atoms with Gasteiger partial charge >= 0.3 is 0 Å². The lowest BCUT2D eigenvalue weighted by Crippen LogP contribution is -2.51. The van der Waals surface area contributed by atoms with Crippen molar-refractivity contribution >= 4 is 22.8 Å². The van der Waals surface area contributed by atoms with E-state index in [1.54, 1.807) is 34.1 Å². The number of fused-ring (bicyclic) bond motifs is 1. The van der Waals surface area contributed by atoms with Gasteiger partial charge in [0.25, 0.3) is 5.91 Å². The first-order chi connectivity index (χ1) is 13.0. The lowest BCUT2D eigenvalue weighted by molar-refractivity contribution is -0.146. The topological polar surface area (TPSA) is 91.1 Å². The molecule has 3 heterocycles. The summed E-state index contributed by atoms with van der Waals surface area (Å²) in [6.45, 7) is 1.69. The number of β-amino-alcohol motifs (C(OH)–C–C–N with tert-alkyl or cyclic N) is 1. The molecule has 27 heavy (non-hydrogen) atoms. The van der Waals surface area contributed by atoms with Crippen molar-refractivity contribution in [3.8, 4) is 0 Å². The van der Waals surface area contributed by atoms with Crippen LogP contribution in [-0.2, 0) is 4.79 Å². The number of carbonyl (C=O) groups excluding carboxylic acids is 2. The standard InChI is InChI=1S/C20H22N2O5/c23-11-10-21-8-3-6-20(19(21)26)7-9-22(13-20)18(25)17-12-15(24)14-4-1-2-5-16(14)27-17/h1-2,4-5,12,23H,3,6-11,13H2/t20-/m1/s1. The Kier molecular flexibility index (Phi) is 4.47. The molecule has 0 aliphatic carbocycles. The Morgan fingerprint density at radius 1 is 1.19 bits per heavy atom. The molecule has 2 fully saturated rings. The van der Waals surface area contributed by atoms with Crippen LogP contribution < -0.4 is 5.43 Å². The molecule has 2 aliphatic heterocycles. The van der Waals surface area contributed by atoms with E-state index in [4.69, 9.17) is 9.52 Å². The molecule has 7 nitrogen and oxygen atoms in total. The summed E-state index contributed by atoms with van der Waals surface area (Å²) < 4.78 is 5.66. The Balaban J connectivity index is 1.58. The van der Waals surface area contributed by atoms with Crippen molar-refractivity contribution in [1.29, 1.82) is 0 Å². The van der Waals surface area contributed by atoms with Crippen LogP contribution >= 0.6 is 0 Å². The molecular formula is C20H22N2O5. The molecule has 0 unspecified atom stereocenters. The highest BCUT2D eigenvalue weighted by Gasteiger charge is 2.49. The number of likely N-dealkylation sites (tertiary alicyclic amines) is 2. The van der Waals surface area contributed by atoms with E-state index < -0.39 is 5.41 Å². The zero-order valence-corrected chi connectivity index (χ0v) is 15.0. The highest BCUT2D eigenvalue weighted by Crippen LogP contribution is 2.40. The van der Waals surface area contributed by atoms with E-state index in [1.165, 1.54) is 6.07 Å². The minimum absolute atomic E-state index is 0.00576. The number of amides is 2. The molecule has 142 valence electrons. The van der Waals surface area contributed by atoms with Crippen LogP contribution in [0.15, 0.2) is 39.5 Å². The van der Waals surface area contributed by atoms with Gasteiger partial charge in [0.1, 0.15) is 5.58 Å². The number of nitrogens with zero attached hydrogens (tertiary/aromatic N) is 2. The fraction of sp³-hybridized carbons (Fsp3) is 0.450. The van der Waals surface area contributed by atoms with Crippen molar-refractivity contribution in [3.63, 3.8) is 0 Å². The number of aliphatic hydroxyl groups excluding tert-OH is 1. The number of hydrogen-bond donors (Lipinski definition) is 1. The monoisotopic (exact) mass is 370 g/mol. The summed E-state index contributed by atoms with van der Waals surface area (Å²) in [6, 6.07) is 8.06. The lowest BCUT2D eigenvalue weighted by atomic mass is 9.78. The van der Waals surface area contributed by atoms with Crippen LogP contribution in [-0.4, -0.2) is 59.5 Å². The average molecular weight is 370 g/mol. The van der Waals surface area contributed by atoms with Crippen LogP contribution in [0.2, 0.25) is 0 Å². The molecule has 2 aliphatic rings. The van der Waals surface area contributed by atoms with E-state index in [2.05, 4.69) is 0 Å². The van der Waals surface area contributed by atoms with Crippen LogP contribution in [0.1, 0.15) is 29.8 Å². The van der Waals surface area contributed by atoms with Gasteiger partial charge in [0.05, 0.1) is 17.4 Å². The van der Waals surface area contributed by atoms with Crippen molar-refractivity contribution in [2.24, 2.45) is 5.41 Å². The first-order valence-corrected chi connectivity index (χ1v) is 9.26. The van der Waals surface area contributed by atoms with Crippen LogP contribution in [0.25, 0.3) is 11.0 Å². The number of aliphatic hydroxyl groups is 1. The van der Waals surface area contributed by atoms with E-state index in [-0.39, 0.29) is 29.6 Å². The highest BCUT2D eigenvalue weighted by molar-refractivity contribution is 5.94. The second-order valence-electron chi connectivity index (χ2n) is 7.35. The van der Waals surface area contributed by atoms with Gasteiger partial charge in [-0.25, -0.2) is 0 Å². The number of carbonyl (C=O) groups is 2. The molecular weight excluding hydrogens is 348 g/mol. The number of hydrogen-bond acceptors (Lipinski definition) is 5. The van der Waals surface area contributed by atoms with Crippen molar-refractivity contribution in [3.05, 3.63) is 46.3 Å². The van der Waals surface area contributed by atoms with Gasteiger partial charge in [0, 0.05) is 32.2 Å². The molecule has 4 rings (SSSR count). The third-order valence-corrected chi connectivity index (χ3v) is 5.68. The third-order valence-electron chi connectivity index (χ3n) is 5.68. The predicted octanol–water partition coefficient (Wildman–Crippen LogP) is 1.24. The molecule has 1 atom stereocenters. The van der Waals surface area contributed by atoms with Crippen LogP contribution in [0.3, 0.4) is 0 Å². The van der Waals surface area contributed by atoms with Gasteiger partial charge in [-0.15, -0.1) is 0 Å². The smallest absolute Gasteiger partial charge is 0.289 e. The first-order valence-electron chi connectivity index (χ1n) is 9.26. The Morgan fingerprint density at radius 3 is 2.81 bits per heavy atom. The maximum absolute atomic E-state index is 12.9. The van der Waals surface area contributed by atoms with Crippen LogP contribution in [0.5, 0.6) is 0 Å². The lowest BCUT2D eigenvalue weighted by Gasteiger charge is -2.39. The van der Waals surface area contributed by atoms with Gasteiger partial charge in [-0.2, -0.15) is 0 Å². The molecule has 1 aromatic heterocycles. The zero-order chi connectivity index (χ0) is 19.0. The van der Waals surface area contributed by atoms with Gasteiger partial charge in [-0.3, -0.25) is 14.4 Å². The summed E-state index contributed by atoms with van der Waals surface area (Å²) in [5.41, 5.74) is -0.456. The quantitative estimate of drug-likeness (QED) is 0.878. The molecule has 2 amide bonds. The maximum Gasteiger partial charge on any atom is 0.289 e. The maximum atomic E-state index is 12.9. The number of benzene rings is 1. The molecule has 0 saturated carbocycles. The summed E-state index contributed by atoms with van der Waals surface area (Å²) in [6.07, 6.45) is 2.19. The third kappa shape index (κ3) is 3.02. The van der Waals surface area contributed by atoms with Crippen LogP contribution in [0.4, 0.5) is 0 Å². The minimum Gasteiger partial charge on any atom is -0.451 e. The molecule has 1 aromatic carbocycles. The summed E-state index contributed by atoms with van der Waals surface area (Å²) in [5, 5.41) is 9.61. The normalized spacial score (nSPS) is 22.8. The van der Waals surface area contributed by atoms with E-state index >= 15 is 0 Å². The van der Waals surface area contributed by atoms with Gasteiger partial charge in [-0.1, -0.05) is 12.1 Å². The minimum atomic E-state index is -0.583. The van der Waals surface area contributed by atoms with Crippen molar-refractivity contribution < 1.29 is 19.1 Å². The molecule has 7 heteroatoms. The Bertz CT molecular complexity index is 951. The van der Waals surface area contributed by atoms with E-state index in [1.807, 2.05) is 0 Å². The first kappa shape index (κ1) is 17.7. The summed E-state index contributed by atoms with van der Waals surface area (Å²) >= 11 is 0. The zero-order valence-electron chi connectivity index (χ0n) is 15.0. The average Bonchev–Trinajstić information content (AvgIpc) is 3.10. The fourth-order valence-electron chi connectivity index (χ4n) is 4.28. The number of piperidine rings is 1. The largest absolute Gasteiger partial charge is 0.451 e. The second kappa shape index (κ2) is 6.81. The molecule has 1 spiro atoms. The Labute approximate surface area is 156 Å². The molecule has 2 aromatic rings. The Hall–Kier alpha value is -2.67. The number of rotatable bonds is 3.